The molecular weight excluding hydrogens is 390 g/mol. The Balaban J connectivity index is 2.59. The largest absolute Gasteiger partial charge is 0.455 e. The van der Waals surface area contributed by atoms with E-state index in [2.05, 4.69) is 13.8 Å². The summed E-state index contributed by atoms with van der Waals surface area (Å²) in [5, 5.41) is 0. The fourth-order valence-electron chi connectivity index (χ4n) is 3.39. The van der Waals surface area contributed by atoms with Crippen LogP contribution in [-0.2, 0) is 15.9 Å². The standard InChI is InChI=1S/C22H39NO5S/c1-3-5-7-9-11-13-17-23(18-14-12-10-8-6-4-2)22(24)21-16-15-20(28-21)19-29(25,26)27/h15-16H,3-14,17-19H2,1-2H3,(H,25,26,27). The van der Waals surface area contributed by atoms with Gasteiger partial charge in [0.15, 0.2) is 5.76 Å². The summed E-state index contributed by atoms with van der Waals surface area (Å²) in [7, 11) is -4.18. The van der Waals surface area contributed by atoms with Crippen LogP contribution in [0.1, 0.15) is 107 Å². The zero-order valence-electron chi connectivity index (χ0n) is 18.2. The Morgan fingerprint density at radius 3 is 1.83 bits per heavy atom. The first-order valence-electron chi connectivity index (χ1n) is 11.2. The molecule has 0 fully saturated rings. The molecule has 0 unspecified atom stereocenters. The van der Waals surface area contributed by atoms with Gasteiger partial charge in [-0.2, -0.15) is 8.42 Å². The van der Waals surface area contributed by atoms with Gasteiger partial charge in [0.25, 0.3) is 16.0 Å². The van der Waals surface area contributed by atoms with Gasteiger partial charge in [-0.05, 0) is 25.0 Å². The smallest absolute Gasteiger partial charge is 0.289 e. The summed E-state index contributed by atoms with van der Waals surface area (Å²) in [4.78, 5) is 14.7. The lowest BCUT2D eigenvalue weighted by Gasteiger charge is -2.22. The first-order chi connectivity index (χ1) is 13.9. The molecule has 0 aromatic carbocycles. The first-order valence-corrected chi connectivity index (χ1v) is 12.8. The van der Waals surface area contributed by atoms with Crippen molar-refractivity contribution in [2.75, 3.05) is 13.1 Å². The van der Waals surface area contributed by atoms with E-state index < -0.39 is 15.9 Å². The van der Waals surface area contributed by atoms with Crippen molar-refractivity contribution in [3.05, 3.63) is 23.7 Å². The molecule has 0 saturated heterocycles. The third-order valence-corrected chi connectivity index (χ3v) is 5.70. The number of amides is 1. The van der Waals surface area contributed by atoms with Gasteiger partial charge in [-0.25, -0.2) is 0 Å². The van der Waals surface area contributed by atoms with Crippen LogP contribution in [0, 0.1) is 0 Å². The molecule has 0 radical (unpaired) electrons. The zero-order chi connectivity index (χ0) is 21.5. The SMILES string of the molecule is CCCCCCCCN(CCCCCCCC)C(=O)c1ccc(CS(=O)(=O)O)o1. The number of rotatable bonds is 17. The normalized spacial score (nSPS) is 11.7. The van der Waals surface area contributed by atoms with E-state index >= 15 is 0 Å². The topological polar surface area (TPSA) is 87.8 Å². The van der Waals surface area contributed by atoms with Gasteiger partial charge in [-0.1, -0.05) is 78.1 Å². The molecule has 6 nitrogen and oxygen atoms in total. The summed E-state index contributed by atoms with van der Waals surface area (Å²) in [6, 6.07) is 2.94. The van der Waals surface area contributed by atoms with E-state index in [-0.39, 0.29) is 17.4 Å². The van der Waals surface area contributed by atoms with Crippen molar-refractivity contribution in [1.82, 2.24) is 4.90 Å². The maximum absolute atomic E-state index is 12.9. The van der Waals surface area contributed by atoms with Crippen LogP contribution in [0.5, 0.6) is 0 Å². The molecule has 7 heteroatoms. The van der Waals surface area contributed by atoms with Crippen molar-refractivity contribution in [3.8, 4) is 0 Å². The Bertz CT molecular complexity index is 652. The molecule has 1 aromatic heterocycles. The van der Waals surface area contributed by atoms with Crippen LogP contribution in [0.3, 0.4) is 0 Å². The predicted octanol–water partition coefficient (Wildman–Crippen LogP) is 5.83. The molecule has 0 bridgehead atoms. The van der Waals surface area contributed by atoms with E-state index in [0.29, 0.717) is 13.1 Å². The second kappa shape index (κ2) is 14.6. The molecular formula is C22H39NO5S. The molecule has 29 heavy (non-hydrogen) atoms. The third kappa shape index (κ3) is 12.1. The number of hydrogen-bond donors (Lipinski definition) is 1. The number of hydrogen-bond acceptors (Lipinski definition) is 4. The second-order valence-corrected chi connectivity index (χ2v) is 9.27. The third-order valence-electron chi connectivity index (χ3n) is 5.05. The summed E-state index contributed by atoms with van der Waals surface area (Å²) in [5.41, 5.74) is 0. The molecule has 0 aliphatic rings. The first kappa shape index (κ1) is 25.7. The number of carbonyl (C=O) groups is 1. The van der Waals surface area contributed by atoms with Crippen molar-refractivity contribution in [2.45, 2.75) is 96.7 Å². The quantitative estimate of drug-likeness (QED) is 0.249. The molecule has 1 rings (SSSR count). The maximum atomic E-state index is 12.9. The van der Waals surface area contributed by atoms with E-state index in [1.165, 1.54) is 63.5 Å². The number of nitrogens with zero attached hydrogens (tertiary/aromatic N) is 1. The van der Waals surface area contributed by atoms with E-state index in [1.807, 2.05) is 4.90 Å². The fraction of sp³-hybridized carbons (Fsp3) is 0.773. The van der Waals surface area contributed by atoms with E-state index in [0.717, 1.165) is 25.7 Å². The van der Waals surface area contributed by atoms with E-state index in [4.69, 9.17) is 8.97 Å². The highest BCUT2D eigenvalue weighted by Gasteiger charge is 2.20. The van der Waals surface area contributed by atoms with Crippen molar-refractivity contribution >= 4 is 16.0 Å². The van der Waals surface area contributed by atoms with Gasteiger partial charge >= 0.3 is 0 Å². The molecule has 0 aliphatic carbocycles. The number of unbranched alkanes of at least 4 members (excludes halogenated alkanes) is 10. The van der Waals surface area contributed by atoms with Crippen molar-refractivity contribution in [2.24, 2.45) is 0 Å². The lowest BCUT2D eigenvalue weighted by atomic mass is 10.1. The highest BCUT2D eigenvalue weighted by Crippen LogP contribution is 2.16. The lowest BCUT2D eigenvalue weighted by molar-refractivity contribution is 0.0715. The van der Waals surface area contributed by atoms with Crippen molar-refractivity contribution < 1.29 is 22.2 Å². The lowest BCUT2D eigenvalue weighted by Crippen LogP contribution is -2.32. The van der Waals surface area contributed by atoms with Crippen LogP contribution in [0.25, 0.3) is 0 Å². The van der Waals surface area contributed by atoms with Gasteiger partial charge in [0.1, 0.15) is 11.5 Å². The van der Waals surface area contributed by atoms with Crippen LogP contribution in [0.15, 0.2) is 16.5 Å². The highest BCUT2D eigenvalue weighted by atomic mass is 32.2. The van der Waals surface area contributed by atoms with Crippen LogP contribution in [-0.4, -0.2) is 36.9 Å². The predicted molar refractivity (Wildman–Crippen MR) is 117 cm³/mol. The Hall–Kier alpha value is -1.34. The molecule has 1 heterocycles. The molecule has 168 valence electrons. The van der Waals surface area contributed by atoms with Crippen LogP contribution < -0.4 is 0 Å². The molecule has 0 saturated carbocycles. The van der Waals surface area contributed by atoms with Gasteiger partial charge in [0, 0.05) is 13.1 Å². The van der Waals surface area contributed by atoms with E-state index in [9.17, 15) is 13.2 Å². The molecule has 1 N–H and O–H groups in total. The Kier molecular flexibility index (Phi) is 12.9. The average Bonchev–Trinajstić information content (AvgIpc) is 3.11. The molecule has 0 aliphatic heterocycles. The van der Waals surface area contributed by atoms with Gasteiger partial charge in [-0.15, -0.1) is 0 Å². The van der Waals surface area contributed by atoms with Gasteiger partial charge in [-0.3, -0.25) is 9.35 Å². The van der Waals surface area contributed by atoms with Crippen LogP contribution in [0.4, 0.5) is 0 Å². The maximum Gasteiger partial charge on any atom is 0.289 e. The molecule has 0 atom stereocenters. The number of furan rings is 1. The van der Waals surface area contributed by atoms with Gasteiger partial charge in [0.2, 0.25) is 0 Å². The Morgan fingerprint density at radius 1 is 0.862 bits per heavy atom. The molecule has 1 aromatic rings. The second-order valence-electron chi connectivity index (χ2n) is 7.82. The summed E-state index contributed by atoms with van der Waals surface area (Å²) < 4.78 is 36.4. The van der Waals surface area contributed by atoms with Crippen LogP contribution >= 0.6 is 0 Å². The average molecular weight is 430 g/mol. The molecule has 1 amide bonds. The minimum atomic E-state index is -4.18. The van der Waals surface area contributed by atoms with Gasteiger partial charge < -0.3 is 9.32 Å². The minimum Gasteiger partial charge on any atom is -0.455 e. The summed E-state index contributed by atoms with van der Waals surface area (Å²) >= 11 is 0. The zero-order valence-corrected chi connectivity index (χ0v) is 19.0. The minimum absolute atomic E-state index is 0.0786. The highest BCUT2D eigenvalue weighted by molar-refractivity contribution is 7.84. The summed E-state index contributed by atoms with van der Waals surface area (Å²) in [6.07, 6.45) is 13.9. The van der Waals surface area contributed by atoms with Crippen molar-refractivity contribution in [3.63, 3.8) is 0 Å². The van der Waals surface area contributed by atoms with Crippen LogP contribution in [0.2, 0.25) is 0 Å². The number of carbonyl (C=O) groups excluding carboxylic acids is 1. The van der Waals surface area contributed by atoms with Gasteiger partial charge in [0.05, 0.1) is 0 Å². The monoisotopic (exact) mass is 429 g/mol. The summed E-state index contributed by atoms with van der Waals surface area (Å²) in [6.45, 7) is 5.77. The Labute approximate surface area is 176 Å². The van der Waals surface area contributed by atoms with E-state index in [1.54, 1.807) is 0 Å². The Morgan fingerprint density at radius 2 is 1.34 bits per heavy atom. The fourth-order valence-corrected chi connectivity index (χ4v) is 3.90. The summed E-state index contributed by atoms with van der Waals surface area (Å²) in [5.74, 6) is -0.598. The molecule has 0 spiro atoms. The van der Waals surface area contributed by atoms with Crippen molar-refractivity contribution in [1.29, 1.82) is 0 Å².